The minimum absolute atomic E-state index is 0. The van der Waals surface area contributed by atoms with Crippen LogP contribution in [-0.4, -0.2) is 62.2 Å². The minimum atomic E-state index is -0.320. The number of benzene rings is 1. The first-order valence-electron chi connectivity index (χ1n) is 11.9. The van der Waals surface area contributed by atoms with Crippen LogP contribution in [0, 0.1) is 5.92 Å². The lowest BCUT2D eigenvalue weighted by atomic mass is 9.99. The van der Waals surface area contributed by atoms with Gasteiger partial charge in [0, 0.05) is 25.4 Å². The summed E-state index contributed by atoms with van der Waals surface area (Å²) in [7, 11) is 0. The number of carbonyl (C=O) groups excluding carboxylic acids is 1. The van der Waals surface area contributed by atoms with E-state index in [-0.39, 0.29) is 36.0 Å². The summed E-state index contributed by atoms with van der Waals surface area (Å²) in [6, 6.07) is 7.88. The van der Waals surface area contributed by atoms with E-state index in [4.69, 9.17) is 9.73 Å². The van der Waals surface area contributed by atoms with Crippen molar-refractivity contribution in [3.63, 3.8) is 0 Å². The normalized spacial score (nSPS) is 19.9. The number of amides is 1. The smallest absolute Gasteiger partial charge is 0.253 e. The number of anilines is 1. The molecule has 8 heteroatoms. The molecule has 180 valence electrons. The van der Waals surface area contributed by atoms with E-state index in [1.807, 2.05) is 24.3 Å². The van der Waals surface area contributed by atoms with Crippen molar-refractivity contribution in [3.05, 3.63) is 29.8 Å². The van der Waals surface area contributed by atoms with E-state index in [9.17, 15) is 4.79 Å². The molecule has 32 heavy (non-hydrogen) atoms. The zero-order chi connectivity index (χ0) is 21.9. The highest BCUT2D eigenvalue weighted by molar-refractivity contribution is 14.0. The van der Waals surface area contributed by atoms with E-state index in [1.165, 1.54) is 25.9 Å². The molecule has 1 aromatic carbocycles. The fourth-order valence-electron chi connectivity index (χ4n) is 4.06. The molecule has 0 aromatic heterocycles. The van der Waals surface area contributed by atoms with Gasteiger partial charge in [0.1, 0.15) is 6.10 Å². The zero-order valence-corrected chi connectivity index (χ0v) is 21.9. The molecule has 3 rings (SSSR count). The second-order valence-corrected chi connectivity index (χ2v) is 8.69. The highest BCUT2D eigenvalue weighted by Crippen LogP contribution is 2.17. The van der Waals surface area contributed by atoms with Crippen LogP contribution in [0.15, 0.2) is 29.3 Å². The van der Waals surface area contributed by atoms with Crippen LogP contribution < -0.4 is 16.0 Å². The van der Waals surface area contributed by atoms with Gasteiger partial charge in [-0.15, -0.1) is 24.0 Å². The Bertz CT molecular complexity index is 716. The number of halogens is 1. The molecule has 2 fully saturated rings. The minimum Gasteiger partial charge on any atom is -0.368 e. The van der Waals surface area contributed by atoms with Crippen LogP contribution in [0.1, 0.15) is 51.5 Å². The molecule has 0 spiro atoms. The highest BCUT2D eigenvalue weighted by atomic mass is 127. The number of carbonyl (C=O) groups is 1. The van der Waals surface area contributed by atoms with Gasteiger partial charge in [0.05, 0.1) is 6.54 Å². The molecule has 2 aliphatic heterocycles. The summed E-state index contributed by atoms with van der Waals surface area (Å²) in [6.07, 6.45) is 5.19. The number of nitrogens with one attached hydrogen (secondary N) is 3. The largest absolute Gasteiger partial charge is 0.368 e. The van der Waals surface area contributed by atoms with Crippen LogP contribution in [0.3, 0.4) is 0 Å². The fourth-order valence-corrected chi connectivity index (χ4v) is 4.06. The predicted octanol–water partition coefficient (Wildman–Crippen LogP) is 3.60. The quantitative estimate of drug-likeness (QED) is 0.187. The molecular formula is C24H40IN5O2. The molecule has 0 radical (unpaired) electrons. The molecule has 0 saturated carbocycles. The molecule has 0 aliphatic carbocycles. The first kappa shape index (κ1) is 26.9. The zero-order valence-electron chi connectivity index (χ0n) is 19.6. The molecule has 3 N–H and O–H groups in total. The summed E-state index contributed by atoms with van der Waals surface area (Å²) >= 11 is 0. The summed E-state index contributed by atoms with van der Waals surface area (Å²) in [5.41, 5.74) is 1.85. The number of aliphatic imine (C=N–C) groups is 1. The van der Waals surface area contributed by atoms with Gasteiger partial charge in [-0.3, -0.25) is 4.79 Å². The Morgan fingerprint density at radius 3 is 2.75 bits per heavy atom. The van der Waals surface area contributed by atoms with Gasteiger partial charge in [-0.2, -0.15) is 0 Å². The number of nitrogens with zero attached hydrogens (tertiary/aromatic N) is 2. The Morgan fingerprint density at radius 2 is 2.03 bits per heavy atom. The molecule has 2 heterocycles. The lowest BCUT2D eigenvalue weighted by Crippen LogP contribution is -2.39. The predicted molar refractivity (Wildman–Crippen MR) is 142 cm³/mol. The maximum absolute atomic E-state index is 12.3. The maximum atomic E-state index is 12.3. The highest BCUT2D eigenvalue weighted by Gasteiger charge is 2.23. The molecule has 1 aromatic rings. The first-order valence-corrected chi connectivity index (χ1v) is 11.9. The number of hydrogen-bond donors (Lipinski definition) is 3. The summed E-state index contributed by atoms with van der Waals surface area (Å²) in [5.74, 6) is 1.66. The second-order valence-electron chi connectivity index (χ2n) is 8.69. The van der Waals surface area contributed by atoms with Crippen molar-refractivity contribution in [3.8, 4) is 0 Å². The van der Waals surface area contributed by atoms with Crippen molar-refractivity contribution >= 4 is 41.5 Å². The first-order chi connectivity index (χ1) is 15.1. The maximum Gasteiger partial charge on any atom is 0.253 e. The molecule has 7 nitrogen and oxygen atoms in total. The van der Waals surface area contributed by atoms with E-state index < -0.39 is 0 Å². The number of piperidine rings is 1. The van der Waals surface area contributed by atoms with E-state index in [0.29, 0.717) is 13.2 Å². The Balaban J connectivity index is 0.00000363. The standard InChI is InChI=1S/C24H39N5O2.HI/c1-3-25-24(26-12-6-13-29-14-10-19(2)11-15-29)27-18-20-7-4-8-21(17-20)28-23(30)22-9-5-16-31-22;/h4,7-8,17,19,22H,3,5-6,9-16,18H2,1-2H3,(H,28,30)(H2,25,26,27);1H. The van der Waals surface area contributed by atoms with Crippen molar-refractivity contribution in [2.75, 3.05) is 44.6 Å². The number of ether oxygens (including phenoxy) is 1. The van der Waals surface area contributed by atoms with Gasteiger partial charge >= 0.3 is 0 Å². The Labute approximate surface area is 210 Å². The van der Waals surface area contributed by atoms with Crippen molar-refractivity contribution in [1.82, 2.24) is 15.5 Å². The van der Waals surface area contributed by atoms with E-state index in [1.54, 1.807) is 0 Å². The number of likely N-dealkylation sites (tertiary alicyclic amines) is 1. The van der Waals surface area contributed by atoms with Gasteiger partial charge in [0.2, 0.25) is 0 Å². The molecule has 1 atom stereocenters. The Hall–Kier alpha value is -1.39. The Kier molecular flexibility index (Phi) is 12.3. The van der Waals surface area contributed by atoms with Gasteiger partial charge in [0.25, 0.3) is 5.91 Å². The molecule has 2 aliphatic rings. The van der Waals surface area contributed by atoms with Crippen LogP contribution in [0.5, 0.6) is 0 Å². The molecule has 1 amide bonds. The summed E-state index contributed by atoms with van der Waals surface area (Å²) in [5, 5.41) is 9.73. The van der Waals surface area contributed by atoms with Gasteiger partial charge < -0.3 is 25.6 Å². The topological polar surface area (TPSA) is 78.0 Å². The molecule has 0 bridgehead atoms. The van der Waals surface area contributed by atoms with Crippen molar-refractivity contribution < 1.29 is 9.53 Å². The van der Waals surface area contributed by atoms with E-state index >= 15 is 0 Å². The SMILES string of the molecule is CCNC(=NCc1cccc(NC(=O)C2CCCO2)c1)NCCCN1CCC(C)CC1.I. The lowest BCUT2D eigenvalue weighted by molar-refractivity contribution is -0.124. The third-order valence-electron chi connectivity index (χ3n) is 6.00. The summed E-state index contributed by atoms with van der Waals surface area (Å²) in [4.78, 5) is 19.6. The third kappa shape index (κ3) is 9.23. The van der Waals surface area contributed by atoms with Gasteiger partial charge in [0.15, 0.2) is 5.96 Å². The average Bonchev–Trinajstić information content (AvgIpc) is 3.32. The molecular weight excluding hydrogens is 517 g/mol. The lowest BCUT2D eigenvalue weighted by Gasteiger charge is -2.30. The molecule has 2 saturated heterocycles. The van der Waals surface area contributed by atoms with Crippen LogP contribution in [0.25, 0.3) is 0 Å². The van der Waals surface area contributed by atoms with Crippen LogP contribution >= 0.6 is 24.0 Å². The fraction of sp³-hybridized carbons (Fsp3) is 0.667. The summed E-state index contributed by atoms with van der Waals surface area (Å²) < 4.78 is 5.46. The second kappa shape index (κ2) is 14.7. The third-order valence-corrected chi connectivity index (χ3v) is 6.00. The van der Waals surface area contributed by atoms with Crippen molar-refractivity contribution in [1.29, 1.82) is 0 Å². The average molecular weight is 558 g/mol. The van der Waals surface area contributed by atoms with Crippen LogP contribution in [-0.2, 0) is 16.1 Å². The monoisotopic (exact) mass is 557 g/mol. The van der Waals surface area contributed by atoms with Crippen molar-refractivity contribution in [2.45, 2.75) is 58.6 Å². The van der Waals surface area contributed by atoms with Gasteiger partial charge in [-0.05, 0) is 82.3 Å². The van der Waals surface area contributed by atoms with E-state index in [0.717, 1.165) is 62.0 Å². The van der Waals surface area contributed by atoms with Crippen LogP contribution in [0.2, 0.25) is 0 Å². The van der Waals surface area contributed by atoms with E-state index in [2.05, 4.69) is 34.7 Å². The number of rotatable bonds is 9. The summed E-state index contributed by atoms with van der Waals surface area (Å²) in [6.45, 7) is 11.0. The van der Waals surface area contributed by atoms with Gasteiger partial charge in [-0.25, -0.2) is 4.99 Å². The number of hydrogen-bond acceptors (Lipinski definition) is 4. The molecule has 1 unspecified atom stereocenters. The van der Waals surface area contributed by atoms with Crippen molar-refractivity contribution in [2.24, 2.45) is 10.9 Å². The number of guanidine groups is 1. The van der Waals surface area contributed by atoms with Gasteiger partial charge in [-0.1, -0.05) is 19.1 Å². The van der Waals surface area contributed by atoms with Crippen LogP contribution in [0.4, 0.5) is 5.69 Å². The Morgan fingerprint density at radius 1 is 1.22 bits per heavy atom.